The van der Waals surface area contributed by atoms with E-state index in [4.69, 9.17) is 5.11 Å². The van der Waals surface area contributed by atoms with E-state index in [9.17, 15) is 14.4 Å². The smallest absolute Gasteiger partial charge is 0.335 e. The summed E-state index contributed by atoms with van der Waals surface area (Å²) in [5.41, 5.74) is 2.01. The second kappa shape index (κ2) is 9.38. The van der Waals surface area contributed by atoms with Crippen molar-refractivity contribution in [1.29, 1.82) is 0 Å². The van der Waals surface area contributed by atoms with Crippen LogP contribution in [0.5, 0.6) is 0 Å². The first-order valence-corrected chi connectivity index (χ1v) is 8.71. The molecule has 0 atom stereocenters. The molecule has 0 unspecified atom stereocenters. The first kappa shape index (κ1) is 20.0. The molecule has 3 amide bonds. The summed E-state index contributed by atoms with van der Waals surface area (Å²) in [4.78, 5) is 37.0. The minimum Gasteiger partial charge on any atom is -0.478 e. The average Bonchev–Trinajstić information content (AvgIpc) is 2.67. The average molecular weight is 369 g/mol. The molecular weight excluding hydrogens is 346 g/mol. The number of rotatable bonds is 7. The second-order valence-electron chi connectivity index (χ2n) is 5.87. The van der Waals surface area contributed by atoms with Gasteiger partial charge in [0.25, 0.3) is 5.91 Å². The van der Waals surface area contributed by atoms with Crippen LogP contribution in [0, 0.1) is 0 Å². The molecule has 2 aromatic carbocycles. The van der Waals surface area contributed by atoms with Gasteiger partial charge < -0.3 is 20.6 Å². The molecule has 7 heteroatoms. The van der Waals surface area contributed by atoms with E-state index in [1.54, 1.807) is 41.3 Å². The van der Waals surface area contributed by atoms with Crippen LogP contribution >= 0.6 is 0 Å². The van der Waals surface area contributed by atoms with Crippen molar-refractivity contribution in [1.82, 2.24) is 10.2 Å². The molecule has 0 bridgehead atoms. The molecular formula is C20H23N3O4. The van der Waals surface area contributed by atoms with Gasteiger partial charge >= 0.3 is 12.0 Å². The van der Waals surface area contributed by atoms with Gasteiger partial charge in [-0.1, -0.05) is 18.2 Å². The van der Waals surface area contributed by atoms with Crippen LogP contribution in [0.4, 0.5) is 10.5 Å². The molecule has 27 heavy (non-hydrogen) atoms. The number of aromatic carboxylic acids is 1. The van der Waals surface area contributed by atoms with Gasteiger partial charge in [-0.25, -0.2) is 9.59 Å². The van der Waals surface area contributed by atoms with Gasteiger partial charge in [0.05, 0.1) is 5.56 Å². The molecule has 0 aliphatic rings. The SMILES string of the molecule is CCN(CC)C(=O)c1cccc(NC(=O)NCc2ccc(C(=O)O)cc2)c1. The number of nitrogens with zero attached hydrogens (tertiary/aromatic N) is 1. The van der Waals surface area contributed by atoms with E-state index in [1.165, 1.54) is 12.1 Å². The quantitative estimate of drug-likeness (QED) is 0.698. The number of carboxylic acid groups (broad SMARTS) is 1. The third-order valence-corrected chi connectivity index (χ3v) is 4.07. The zero-order chi connectivity index (χ0) is 19.8. The number of urea groups is 1. The Morgan fingerprint density at radius 1 is 0.963 bits per heavy atom. The number of carbonyl (C=O) groups is 3. The topological polar surface area (TPSA) is 98.7 Å². The van der Waals surface area contributed by atoms with Crippen molar-refractivity contribution in [3.05, 3.63) is 65.2 Å². The third-order valence-electron chi connectivity index (χ3n) is 4.07. The number of hydrogen-bond donors (Lipinski definition) is 3. The number of benzene rings is 2. The lowest BCUT2D eigenvalue weighted by molar-refractivity contribution is 0.0695. The maximum absolute atomic E-state index is 12.4. The molecule has 0 saturated carbocycles. The zero-order valence-electron chi connectivity index (χ0n) is 15.4. The number of carbonyl (C=O) groups excluding carboxylic acids is 2. The molecule has 0 spiro atoms. The van der Waals surface area contributed by atoms with Crippen molar-refractivity contribution in [3.8, 4) is 0 Å². The highest BCUT2D eigenvalue weighted by Gasteiger charge is 2.13. The number of hydrogen-bond acceptors (Lipinski definition) is 3. The normalized spacial score (nSPS) is 10.1. The van der Waals surface area contributed by atoms with Crippen molar-refractivity contribution in [2.24, 2.45) is 0 Å². The number of carboxylic acids is 1. The molecule has 0 aliphatic heterocycles. The molecule has 7 nitrogen and oxygen atoms in total. The lowest BCUT2D eigenvalue weighted by Crippen LogP contribution is -2.31. The van der Waals surface area contributed by atoms with E-state index in [0.29, 0.717) is 24.3 Å². The molecule has 0 radical (unpaired) electrons. The van der Waals surface area contributed by atoms with E-state index < -0.39 is 12.0 Å². The Morgan fingerprint density at radius 3 is 2.22 bits per heavy atom. The van der Waals surface area contributed by atoms with E-state index >= 15 is 0 Å². The summed E-state index contributed by atoms with van der Waals surface area (Å²) in [5, 5.41) is 14.3. The van der Waals surface area contributed by atoms with Gasteiger partial charge in [-0.3, -0.25) is 4.79 Å². The van der Waals surface area contributed by atoms with Gasteiger partial charge in [0.15, 0.2) is 0 Å². The summed E-state index contributed by atoms with van der Waals surface area (Å²) in [7, 11) is 0. The highest BCUT2D eigenvalue weighted by atomic mass is 16.4. The molecule has 0 aromatic heterocycles. The fourth-order valence-electron chi connectivity index (χ4n) is 2.55. The van der Waals surface area contributed by atoms with E-state index in [1.807, 2.05) is 13.8 Å². The molecule has 2 aromatic rings. The summed E-state index contributed by atoms with van der Waals surface area (Å²) in [5.74, 6) is -1.08. The maximum atomic E-state index is 12.4. The molecule has 3 N–H and O–H groups in total. The summed E-state index contributed by atoms with van der Waals surface area (Å²) in [6.45, 7) is 5.33. The van der Waals surface area contributed by atoms with Crippen molar-refractivity contribution in [2.45, 2.75) is 20.4 Å². The van der Waals surface area contributed by atoms with Crippen molar-refractivity contribution < 1.29 is 19.5 Å². The molecule has 0 heterocycles. The van der Waals surface area contributed by atoms with Crippen LogP contribution < -0.4 is 10.6 Å². The summed E-state index contributed by atoms with van der Waals surface area (Å²) >= 11 is 0. The lowest BCUT2D eigenvalue weighted by Gasteiger charge is -2.19. The van der Waals surface area contributed by atoms with Crippen LogP contribution in [0.1, 0.15) is 40.1 Å². The van der Waals surface area contributed by atoms with Gasteiger partial charge in [-0.05, 0) is 49.7 Å². The van der Waals surface area contributed by atoms with Crippen molar-refractivity contribution in [2.75, 3.05) is 18.4 Å². The second-order valence-corrected chi connectivity index (χ2v) is 5.87. The first-order valence-electron chi connectivity index (χ1n) is 8.71. The van der Waals surface area contributed by atoms with Gasteiger partial charge in [-0.15, -0.1) is 0 Å². The zero-order valence-corrected chi connectivity index (χ0v) is 15.4. The minimum absolute atomic E-state index is 0.0809. The molecule has 2 rings (SSSR count). The van der Waals surface area contributed by atoms with Gasteiger partial charge in [-0.2, -0.15) is 0 Å². The maximum Gasteiger partial charge on any atom is 0.335 e. The van der Waals surface area contributed by atoms with Crippen LogP contribution in [-0.4, -0.2) is 41.0 Å². The van der Waals surface area contributed by atoms with Crippen LogP contribution in [0.15, 0.2) is 48.5 Å². The molecule has 0 fully saturated rings. The van der Waals surface area contributed by atoms with Crippen LogP contribution in [0.3, 0.4) is 0 Å². The Morgan fingerprint density at radius 2 is 1.63 bits per heavy atom. The van der Waals surface area contributed by atoms with Crippen LogP contribution in [0.2, 0.25) is 0 Å². The predicted octanol–water partition coefficient (Wildman–Crippen LogP) is 3.19. The Labute approximate surface area is 158 Å². The standard InChI is InChI=1S/C20H23N3O4/c1-3-23(4-2)18(24)16-6-5-7-17(12-16)22-20(27)21-13-14-8-10-15(11-9-14)19(25)26/h5-12H,3-4,13H2,1-2H3,(H,25,26)(H2,21,22,27). The minimum atomic E-state index is -0.994. The summed E-state index contributed by atoms with van der Waals surface area (Å²) in [6.07, 6.45) is 0. The Kier molecular flexibility index (Phi) is 6.93. The fourth-order valence-corrected chi connectivity index (χ4v) is 2.55. The molecule has 142 valence electrons. The highest BCUT2D eigenvalue weighted by Crippen LogP contribution is 2.13. The Balaban J connectivity index is 1.94. The van der Waals surface area contributed by atoms with Gasteiger partial charge in [0.2, 0.25) is 0 Å². The Hall–Kier alpha value is -3.35. The molecule has 0 aliphatic carbocycles. The number of nitrogens with one attached hydrogen (secondary N) is 2. The van der Waals surface area contributed by atoms with Gasteiger partial charge in [0.1, 0.15) is 0 Å². The van der Waals surface area contributed by atoms with E-state index in [0.717, 1.165) is 5.56 Å². The van der Waals surface area contributed by atoms with Crippen molar-refractivity contribution in [3.63, 3.8) is 0 Å². The lowest BCUT2D eigenvalue weighted by atomic mass is 10.1. The largest absolute Gasteiger partial charge is 0.478 e. The fraction of sp³-hybridized carbons (Fsp3) is 0.250. The first-order chi connectivity index (χ1) is 12.9. The monoisotopic (exact) mass is 369 g/mol. The highest BCUT2D eigenvalue weighted by molar-refractivity contribution is 5.96. The number of amides is 3. The summed E-state index contributed by atoms with van der Waals surface area (Å²) < 4.78 is 0. The summed E-state index contributed by atoms with van der Waals surface area (Å²) in [6, 6.07) is 12.6. The van der Waals surface area contributed by atoms with Crippen LogP contribution in [0.25, 0.3) is 0 Å². The number of anilines is 1. The van der Waals surface area contributed by atoms with Crippen LogP contribution in [-0.2, 0) is 6.54 Å². The predicted molar refractivity (Wildman–Crippen MR) is 103 cm³/mol. The Bertz CT molecular complexity index is 814. The third kappa shape index (κ3) is 5.57. The van der Waals surface area contributed by atoms with E-state index in [-0.39, 0.29) is 18.0 Å². The molecule has 0 saturated heterocycles. The van der Waals surface area contributed by atoms with Gasteiger partial charge in [0, 0.05) is 30.9 Å². The van der Waals surface area contributed by atoms with E-state index in [2.05, 4.69) is 10.6 Å². The van der Waals surface area contributed by atoms with Crippen molar-refractivity contribution >= 4 is 23.6 Å².